The smallest absolute Gasteiger partial charge is 0.399 e. The van der Waals surface area contributed by atoms with Crippen molar-refractivity contribution >= 4 is 34.4 Å². The van der Waals surface area contributed by atoms with Gasteiger partial charge in [-0.15, -0.1) is 0 Å². The first kappa shape index (κ1) is 19.4. The fraction of sp³-hybridized carbons (Fsp3) is 0.308. The Morgan fingerprint density at radius 2 is 1.37 bits per heavy atom. The third-order valence-electron chi connectivity index (χ3n) is 6.96. The standard InChI is InChI=1S/C26H28BNO2/c1-16-10-9-11-17(2)22(16)20-15-14-19-18-12-7-8-13-21(18)28-24(19)23(20)27-29-25(3,4)26(5,6)30-27/h7-15,28H,1-6H3. The highest BCUT2D eigenvalue weighted by Gasteiger charge is 2.53. The Bertz CT molecular complexity index is 1250. The van der Waals surface area contributed by atoms with Gasteiger partial charge in [0.25, 0.3) is 0 Å². The van der Waals surface area contributed by atoms with Crippen LogP contribution >= 0.6 is 0 Å². The second kappa shape index (κ2) is 6.47. The summed E-state index contributed by atoms with van der Waals surface area (Å²) in [4.78, 5) is 3.67. The van der Waals surface area contributed by atoms with E-state index in [0.717, 1.165) is 16.5 Å². The van der Waals surface area contributed by atoms with E-state index in [1.165, 1.54) is 33.0 Å². The second-order valence-electron chi connectivity index (χ2n) is 9.48. The van der Waals surface area contributed by atoms with E-state index >= 15 is 0 Å². The number of para-hydroxylation sites is 1. The predicted molar refractivity (Wildman–Crippen MR) is 126 cm³/mol. The van der Waals surface area contributed by atoms with E-state index in [4.69, 9.17) is 9.31 Å². The van der Waals surface area contributed by atoms with Gasteiger partial charge in [0.15, 0.2) is 0 Å². The van der Waals surface area contributed by atoms with Crippen molar-refractivity contribution in [2.75, 3.05) is 0 Å². The van der Waals surface area contributed by atoms with Gasteiger partial charge in [0.05, 0.1) is 11.2 Å². The molecule has 0 spiro atoms. The Kier molecular flexibility index (Phi) is 4.19. The predicted octanol–water partition coefficient (Wildman–Crippen LogP) is 5.90. The van der Waals surface area contributed by atoms with Crippen LogP contribution in [0.4, 0.5) is 0 Å². The number of hydrogen-bond donors (Lipinski definition) is 1. The molecule has 1 aliphatic heterocycles. The van der Waals surface area contributed by atoms with Gasteiger partial charge in [0, 0.05) is 27.3 Å². The molecule has 1 aliphatic rings. The zero-order chi connectivity index (χ0) is 21.3. The summed E-state index contributed by atoms with van der Waals surface area (Å²) in [5.74, 6) is 0. The van der Waals surface area contributed by atoms with Crippen molar-refractivity contribution in [1.82, 2.24) is 4.98 Å². The normalized spacial score (nSPS) is 17.9. The average Bonchev–Trinajstić information content (AvgIpc) is 3.14. The van der Waals surface area contributed by atoms with Crippen molar-refractivity contribution in [1.29, 1.82) is 0 Å². The highest BCUT2D eigenvalue weighted by Crippen LogP contribution is 2.39. The molecule has 2 heterocycles. The Morgan fingerprint density at radius 3 is 2.03 bits per heavy atom. The van der Waals surface area contributed by atoms with Crippen LogP contribution in [0.1, 0.15) is 38.8 Å². The number of aromatic amines is 1. The van der Waals surface area contributed by atoms with E-state index in [9.17, 15) is 0 Å². The molecule has 4 heteroatoms. The van der Waals surface area contributed by atoms with Gasteiger partial charge in [-0.1, -0.05) is 48.5 Å². The lowest BCUT2D eigenvalue weighted by atomic mass is 9.72. The number of benzene rings is 3. The monoisotopic (exact) mass is 397 g/mol. The van der Waals surface area contributed by atoms with E-state index in [1.54, 1.807) is 0 Å². The van der Waals surface area contributed by atoms with Gasteiger partial charge in [-0.25, -0.2) is 0 Å². The fourth-order valence-corrected chi connectivity index (χ4v) is 4.60. The summed E-state index contributed by atoms with van der Waals surface area (Å²) in [6.07, 6.45) is 0. The van der Waals surface area contributed by atoms with Crippen LogP contribution in [0, 0.1) is 13.8 Å². The Balaban J connectivity index is 1.85. The Morgan fingerprint density at radius 1 is 0.733 bits per heavy atom. The van der Waals surface area contributed by atoms with Crippen LogP contribution in [0.25, 0.3) is 32.9 Å². The van der Waals surface area contributed by atoms with E-state index in [0.29, 0.717) is 0 Å². The van der Waals surface area contributed by atoms with Crippen molar-refractivity contribution in [3.63, 3.8) is 0 Å². The number of H-pyrrole nitrogens is 1. The molecule has 3 nitrogen and oxygen atoms in total. The van der Waals surface area contributed by atoms with Crippen LogP contribution in [0.15, 0.2) is 54.6 Å². The molecule has 0 atom stereocenters. The third kappa shape index (κ3) is 2.74. The van der Waals surface area contributed by atoms with Crippen molar-refractivity contribution in [2.45, 2.75) is 52.7 Å². The highest BCUT2D eigenvalue weighted by atomic mass is 16.7. The molecule has 5 rings (SSSR count). The summed E-state index contributed by atoms with van der Waals surface area (Å²) in [5, 5.41) is 2.42. The van der Waals surface area contributed by atoms with E-state index in [-0.39, 0.29) is 0 Å². The minimum absolute atomic E-state index is 0.399. The molecule has 4 aromatic rings. The zero-order valence-electron chi connectivity index (χ0n) is 18.6. The van der Waals surface area contributed by atoms with Gasteiger partial charge in [-0.3, -0.25) is 0 Å². The van der Waals surface area contributed by atoms with Crippen LogP contribution in [0.3, 0.4) is 0 Å². The van der Waals surface area contributed by atoms with E-state index < -0.39 is 18.3 Å². The van der Waals surface area contributed by atoms with E-state index in [1.807, 2.05) is 0 Å². The maximum absolute atomic E-state index is 6.55. The maximum atomic E-state index is 6.55. The molecule has 0 aliphatic carbocycles. The quantitative estimate of drug-likeness (QED) is 0.427. The minimum Gasteiger partial charge on any atom is -0.399 e. The zero-order valence-corrected chi connectivity index (χ0v) is 18.6. The van der Waals surface area contributed by atoms with Gasteiger partial charge < -0.3 is 14.3 Å². The molecule has 1 fully saturated rings. The average molecular weight is 397 g/mol. The van der Waals surface area contributed by atoms with Crippen molar-refractivity contribution in [3.8, 4) is 11.1 Å². The number of fused-ring (bicyclic) bond motifs is 3. The molecule has 152 valence electrons. The molecule has 0 saturated carbocycles. The van der Waals surface area contributed by atoms with Crippen LogP contribution in [-0.4, -0.2) is 23.3 Å². The summed E-state index contributed by atoms with van der Waals surface area (Å²) >= 11 is 0. The summed E-state index contributed by atoms with van der Waals surface area (Å²) in [5.41, 5.74) is 7.43. The third-order valence-corrected chi connectivity index (χ3v) is 6.96. The summed E-state index contributed by atoms with van der Waals surface area (Å²) in [7, 11) is -0.444. The first-order valence-corrected chi connectivity index (χ1v) is 10.7. The fourth-order valence-electron chi connectivity index (χ4n) is 4.60. The first-order chi connectivity index (χ1) is 14.2. The molecule has 1 saturated heterocycles. The molecule has 0 bridgehead atoms. The van der Waals surface area contributed by atoms with Gasteiger partial charge in [0.2, 0.25) is 0 Å². The number of rotatable bonds is 2. The van der Waals surface area contributed by atoms with Gasteiger partial charge in [-0.2, -0.15) is 0 Å². The van der Waals surface area contributed by atoms with E-state index in [2.05, 4.69) is 101 Å². The minimum atomic E-state index is -0.444. The SMILES string of the molecule is Cc1cccc(C)c1-c1ccc2c([nH]c3ccccc32)c1B1OC(C)(C)C(C)(C)O1. The number of hydrogen-bond acceptors (Lipinski definition) is 2. The topological polar surface area (TPSA) is 34.2 Å². The van der Waals surface area contributed by atoms with Crippen LogP contribution < -0.4 is 5.46 Å². The number of nitrogens with one attached hydrogen (secondary N) is 1. The van der Waals surface area contributed by atoms with Crippen LogP contribution in [0.2, 0.25) is 0 Å². The Labute approximate surface area is 178 Å². The summed E-state index contributed by atoms with van der Waals surface area (Å²) < 4.78 is 13.1. The molecule has 30 heavy (non-hydrogen) atoms. The highest BCUT2D eigenvalue weighted by molar-refractivity contribution is 6.67. The summed E-state index contributed by atoms with van der Waals surface area (Å²) in [6.45, 7) is 12.8. The first-order valence-electron chi connectivity index (χ1n) is 10.7. The van der Waals surface area contributed by atoms with Crippen molar-refractivity contribution in [3.05, 3.63) is 65.7 Å². The molecule has 1 N–H and O–H groups in total. The lowest BCUT2D eigenvalue weighted by Crippen LogP contribution is -2.41. The molecule has 0 radical (unpaired) electrons. The Hall–Kier alpha value is -2.56. The molecule has 3 aromatic carbocycles. The van der Waals surface area contributed by atoms with Gasteiger partial charge in [0.1, 0.15) is 0 Å². The van der Waals surface area contributed by atoms with Crippen molar-refractivity contribution in [2.24, 2.45) is 0 Å². The number of aromatic nitrogens is 1. The lowest BCUT2D eigenvalue weighted by molar-refractivity contribution is 0.00578. The maximum Gasteiger partial charge on any atom is 0.497 e. The molecule has 0 amide bonds. The molecular weight excluding hydrogens is 369 g/mol. The van der Waals surface area contributed by atoms with Gasteiger partial charge >= 0.3 is 7.12 Å². The molecule has 1 aromatic heterocycles. The lowest BCUT2D eigenvalue weighted by Gasteiger charge is -2.32. The largest absolute Gasteiger partial charge is 0.497 e. The van der Waals surface area contributed by atoms with Crippen LogP contribution in [0.5, 0.6) is 0 Å². The van der Waals surface area contributed by atoms with Gasteiger partial charge in [-0.05, 0) is 69.9 Å². The summed E-state index contributed by atoms with van der Waals surface area (Å²) in [6, 6.07) is 19.4. The molecular formula is C26H28BNO2. The second-order valence-corrected chi connectivity index (χ2v) is 9.48. The van der Waals surface area contributed by atoms with Crippen LogP contribution in [-0.2, 0) is 9.31 Å². The van der Waals surface area contributed by atoms with Crippen molar-refractivity contribution < 1.29 is 9.31 Å². The number of aryl methyl sites for hydroxylation is 2. The molecule has 0 unspecified atom stereocenters.